The van der Waals surface area contributed by atoms with Crippen LogP contribution in [0.3, 0.4) is 0 Å². The van der Waals surface area contributed by atoms with E-state index in [0.29, 0.717) is 5.56 Å². The van der Waals surface area contributed by atoms with Crippen molar-refractivity contribution >= 4 is 17.7 Å². The first-order chi connectivity index (χ1) is 11.9. The molecule has 0 spiro atoms. The average molecular weight is 346 g/mol. The maximum absolute atomic E-state index is 13.0. The van der Waals surface area contributed by atoms with Gasteiger partial charge in [-0.25, -0.2) is 0 Å². The number of ether oxygens (including phenoxy) is 3. The molecule has 0 aliphatic carbocycles. The third-order valence-corrected chi connectivity index (χ3v) is 4.22. The Morgan fingerprint density at radius 1 is 1.08 bits per heavy atom. The van der Waals surface area contributed by atoms with Gasteiger partial charge in [0.15, 0.2) is 11.9 Å². The van der Waals surface area contributed by atoms with Crippen molar-refractivity contribution in [3.05, 3.63) is 48.0 Å². The monoisotopic (exact) mass is 346 g/mol. The molecule has 0 N–H and O–H groups in total. The van der Waals surface area contributed by atoms with Crippen LogP contribution in [0.5, 0.6) is 0 Å². The van der Waals surface area contributed by atoms with Gasteiger partial charge in [-0.1, -0.05) is 36.9 Å². The van der Waals surface area contributed by atoms with Gasteiger partial charge in [-0.15, -0.1) is 0 Å². The maximum Gasteiger partial charge on any atom is 0.331 e. The second kappa shape index (κ2) is 7.61. The Labute approximate surface area is 146 Å². The third-order valence-electron chi connectivity index (χ3n) is 4.22. The second-order valence-electron chi connectivity index (χ2n) is 5.66. The minimum atomic E-state index is -2.00. The van der Waals surface area contributed by atoms with Crippen molar-refractivity contribution in [2.24, 2.45) is 5.41 Å². The minimum absolute atomic E-state index is 0.0495. The van der Waals surface area contributed by atoms with E-state index in [1.54, 1.807) is 51.1 Å². The van der Waals surface area contributed by atoms with Crippen LogP contribution in [0.15, 0.2) is 42.5 Å². The lowest BCUT2D eigenvalue weighted by atomic mass is 9.74. The molecule has 6 heteroatoms. The minimum Gasteiger partial charge on any atom is -0.465 e. The summed E-state index contributed by atoms with van der Waals surface area (Å²) in [7, 11) is 0. The van der Waals surface area contributed by atoms with Crippen LogP contribution >= 0.6 is 0 Å². The molecule has 0 aromatic heterocycles. The highest BCUT2D eigenvalue weighted by molar-refractivity contribution is 6.13. The van der Waals surface area contributed by atoms with Gasteiger partial charge in [0.2, 0.25) is 5.41 Å². The number of benzene rings is 1. The molecule has 6 nitrogen and oxygen atoms in total. The van der Waals surface area contributed by atoms with Crippen molar-refractivity contribution < 1.29 is 28.6 Å². The molecule has 1 aliphatic rings. The molecule has 0 amide bonds. The average Bonchev–Trinajstić information content (AvgIpc) is 2.88. The highest BCUT2D eigenvalue weighted by Crippen LogP contribution is 2.46. The largest absolute Gasteiger partial charge is 0.465 e. The molecule has 0 saturated carbocycles. The molecule has 2 atom stereocenters. The van der Waals surface area contributed by atoms with Crippen molar-refractivity contribution in [2.75, 3.05) is 13.2 Å². The number of carbonyl (C=O) groups excluding carboxylic acids is 3. The summed E-state index contributed by atoms with van der Waals surface area (Å²) in [6.45, 7) is 8.81. The van der Waals surface area contributed by atoms with Gasteiger partial charge < -0.3 is 14.2 Å². The molecule has 25 heavy (non-hydrogen) atoms. The van der Waals surface area contributed by atoms with E-state index in [9.17, 15) is 14.4 Å². The number of rotatable bonds is 6. The zero-order valence-corrected chi connectivity index (χ0v) is 14.6. The topological polar surface area (TPSA) is 78.9 Å². The molecular formula is C19H22O6. The highest BCUT2D eigenvalue weighted by Gasteiger charge is 2.66. The van der Waals surface area contributed by atoms with Crippen LogP contribution in [0, 0.1) is 5.41 Å². The molecule has 1 heterocycles. The number of hydrogen-bond acceptors (Lipinski definition) is 6. The molecule has 1 aromatic carbocycles. The van der Waals surface area contributed by atoms with E-state index in [0.717, 1.165) is 0 Å². The summed E-state index contributed by atoms with van der Waals surface area (Å²) in [4.78, 5) is 38.5. The van der Waals surface area contributed by atoms with Crippen molar-refractivity contribution in [2.45, 2.75) is 33.0 Å². The number of hydrogen-bond donors (Lipinski definition) is 0. The van der Waals surface area contributed by atoms with Gasteiger partial charge in [0.05, 0.1) is 19.3 Å². The second-order valence-corrected chi connectivity index (χ2v) is 5.66. The van der Waals surface area contributed by atoms with E-state index >= 15 is 0 Å². The smallest absolute Gasteiger partial charge is 0.331 e. The van der Waals surface area contributed by atoms with Gasteiger partial charge in [0, 0.05) is 5.56 Å². The van der Waals surface area contributed by atoms with Gasteiger partial charge in [0.1, 0.15) is 0 Å². The Hall–Kier alpha value is -2.47. The number of ketones is 1. The van der Waals surface area contributed by atoms with Crippen LogP contribution in [0.4, 0.5) is 0 Å². The lowest BCUT2D eigenvalue weighted by Gasteiger charge is -2.29. The lowest BCUT2D eigenvalue weighted by molar-refractivity contribution is -0.172. The van der Waals surface area contributed by atoms with Crippen molar-refractivity contribution in [1.82, 2.24) is 0 Å². The first-order valence-corrected chi connectivity index (χ1v) is 8.19. The van der Waals surface area contributed by atoms with Crippen LogP contribution in [0.1, 0.15) is 31.1 Å². The zero-order chi connectivity index (χ0) is 18.6. The van der Waals surface area contributed by atoms with E-state index in [1.807, 2.05) is 0 Å². The molecule has 1 aromatic rings. The van der Waals surface area contributed by atoms with Crippen molar-refractivity contribution in [3.8, 4) is 0 Å². The number of carbonyl (C=O) groups is 3. The van der Waals surface area contributed by atoms with Gasteiger partial charge in [-0.2, -0.15) is 0 Å². The Bertz CT molecular complexity index is 660. The fourth-order valence-corrected chi connectivity index (χ4v) is 2.94. The van der Waals surface area contributed by atoms with Crippen LogP contribution < -0.4 is 0 Å². The Morgan fingerprint density at radius 2 is 1.60 bits per heavy atom. The summed E-state index contributed by atoms with van der Waals surface area (Å²) >= 11 is 0. The predicted molar refractivity (Wildman–Crippen MR) is 89.9 cm³/mol. The van der Waals surface area contributed by atoms with Gasteiger partial charge in [-0.3, -0.25) is 14.4 Å². The summed E-state index contributed by atoms with van der Waals surface area (Å²) in [6.07, 6.45) is -2.05. The van der Waals surface area contributed by atoms with Crippen LogP contribution in [-0.4, -0.2) is 43.1 Å². The van der Waals surface area contributed by atoms with Gasteiger partial charge in [-0.05, 0) is 26.3 Å². The predicted octanol–water partition coefficient (Wildman–Crippen LogP) is 2.33. The Balaban J connectivity index is 2.58. The van der Waals surface area contributed by atoms with Crippen LogP contribution in [0.25, 0.3) is 0 Å². The summed E-state index contributed by atoms with van der Waals surface area (Å²) < 4.78 is 15.9. The van der Waals surface area contributed by atoms with Crippen LogP contribution in [-0.2, 0) is 23.8 Å². The number of esters is 2. The molecule has 134 valence electrons. The van der Waals surface area contributed by atoms with Gasteiger partial charge >= 0.3 is 11.9 Å². The van der Waals surface area contributed by atoms with E-state index < -0.39 is 35.3 Å². The molecule has 2 rings (SSSR count). The summed E-state index contributed by atoms with van der Waals surface area (Å²) in [5, 5.41) is 0. The van der Waals surface area contributed by atoms with E-state index in [2.05, 4.69) is 6.58 Å². The normalized spacial score (nSPS) is 21.6. The number of Topliss-reactive ketones (excluding diaryl/α,β-unsaturated/α-hetero) is 1. The highest BCUT2D eigenvalue weighted by atomic mass is 16.6. The maximum atomic E-state index is 13.0. The quantitative estimate of drug-likeness (QED) is 0.340. The van der Waals surface area contributed by atoms with Crippen molar-refractivity contribution in [1.29, 1.82) is 0 Å². The summed E-state index contributed by atoms with van der Waals surface area (Å²) in [5.74, 6) is -2.25. The van der Waals surface area contributed by atoms with Crippen molar-refractivity contribution in [3.63, 3.8) is 0 Å². The first kappa shape index (κ1) is 18.9. The summed E-state index contributed by atoms with van der Waals surface area (Å²) in [6, 6.07) is 8.34. The Kier molecular flexibility index (Phi) is 5.74. The van der Waals surface area contributed by atoms with E-state index in [4.69, 9.17) is 14.2 Å². The fourth-order valence-electron chi connectivity index (χ4n) is 2.94. The molecular weight excluding hydrogens is 324 g/mol. The molecule has 0 radical (unpaired) electrons. The first-order valence-electron chi connectivity index (χ1n) is 8.19. The molecule has 1 fully saturated rings. The zero-order valence-electron chi connectivity index (χ0n) is 14.6. The summed E-state index contributed by atoms with van der Waals surface area (Å²) in [5.41, 5.74) is -1.51. The van der Waals surface area contributed by atoms with Crippen LogP contribution in [0.2, 0.25) is 0 Å². The standard InChI is InChI=1S/C19H22O6/c1-5-23-17(21)19(18(22)24-6-2)12(3)13(4)25-16(19)15(20)14-10-8-7-9-11-14/h7-11,13,16H,3,5-6H2,1-2,4H3/t13-,16-/m1/s1. The molecule has 0 unspecified atom stereocenters. The lowest BCUT2D eigenvalue weighted by Crippen LogP contribution is -2.52. The van der Waals surface area contributed by atoms with Gasteiger partial charge in [0.25, 0.3) is 0 Å². The SMILES string of the molecule is C=C1[C@@H](C)O[C@H](C(=O)c2ccccc2)C1(C(=O)OCC)C(=O)OCC. The van der Waals surface area contributed by atoms with E-state index in [-0.39, 0.29) is 18.8 Å². The van der Waals surface area contributed by atoms with E-state index in [1.165, 1.54) is 0 Å². The Morgan fingerprint density at radius 3 is 2.08 bits per heavy atom. The molecule has 1 aliphatic heterocycles. The molecule has 0 bridgehead atoms. The molecule has 1 saturated heterocycles. The fraction of sp³-hybridized carbons (Fsp3) is 0.421. The third kappa shape index (κ3) is 3.09.